The zero-order valence-electron chi connectivity index (χ0n) is 19.2. The second kappa shape index (κ2) is 13.0. The first kappa shape index (κ1) is 25.5. The van der Waals surface area contributed by atoms with Crippen molar-refractivity contribution in [1.82, 2.24) is 15.1 Å². The zero-order chi connectivity index (χ0) is 21.3. The summed E-state index contributed by atoms with van der Waals surface area (Å²) in [5.74, 6) is 2.20. The fraction of sp³-hybridized carbons (Fsp3) is 0.652. The van der Waals surface area contributed by atoms with Gasteiger partial charge in [0.1, 0.15) is 5.75 Å². The summed E-state index contributed by atoms with van der Waals surface area (Å²) in [6, 6.07) is 8.58. The Morgan fingerprint density at radius 3 is 2.58 bits per heavy atom. The molecule has 2 heterocycles. The first-order valence-electron chi connectivity index (χ1n) is 11.4. The maximum absolute atomic E-state index is 12.1. The van der Waals surface area contributed by atoms with E-state index in [0.29, 0.717) is 18.4 Å². The van der Waals surface area contributed by atoms with Gasteiger partial charge >= 0.3 is 0 Å². The van der Waals surface area contributed by atoms with Crippen molar-refractivity contribution in [3.63, 3.8) is 0 Å². The van der Waals surface area contributed by atoms with Crippen LogP contribution in [0.25, 0.3) is 0 Å². The van der Waals surface area contributed by atoms with Gasteiger partial charge in [0.2, 0.25) is 5.91 Å². The van der Waals surface area contributed by atoms with Gasteiger partial charge in [-0.25, -0.2) is 0 Å². The highest BCUT2D eigenvalue weighted by atomic mass is 127. The first-order chi connectivity index (χ1) is 14.7. The fourth-order valence-corrected chi connectivity index (χ4v) is 4.36. The third kappa shape index (κ3) is 6.89. The lowest BCUT2D eigenvalue weighted by Crippen LogP contribution is -2.52. The fourth-order valence-electron chi connectivity index (χ4n) is 4.36. The summed E-state index contributed by atoms with van der Waals surface area (Å²) in [4.78, 5) is 23.8. The Hall–Kier alpha value is -1.71. The molecule has 1 aromatic carbocycles. The van der Waals surface area contributed by atoms with Crippen LogP contribution in [0.3, 0.4) is 0 Å². The third-order valence-electron chi connectivity index (χ3n) is 6.08. The molecule has 0 saturated carbocycles. The number of nitrogens with zero attached hydrogens (tertiary/aromatic N) is 4. The van der Waals surface area contributed by atoms with Gasteiger partial charge in [-0.3, -0.25) is 9.79 Å². The molecule has 0 radical (unpaired) electrons. The quantitative estimate of drug-likeness (QED) is 0.310. The van der Waals surface area contributed by atoms with E-state index in [1.165, 1.54) is 5.69 Å². The summed E-state index contributed by atoms with van der Waals surface area (Å²) in [6.07, 6.45) is 3.64. The number of hydrogen-bond acceptors (Lipinski definition) is 4. The van der Waals surface area contributed by atoms with E-state index >= 15 is 0 Å². The number of guanidine groups is 1. The second-order valence-electron chi connectivity index (χ2n) is 7.95. The Labute approximate surface area is 204 Å². The van der Waals surface area contributed by atoms with Gasteiger partial charge in [-0.15, -0.1) is 24.0 Å². The molecular formula is C23H38IN5O2. The number of carbonyl (C=O) groups is 1. The minimum atomic E-state index is 0. The molecule has 0 bridgehead atoms. The molecule has 1 unspecified atom stereocenters. The van der Waals surface area contributed by atoms with E-state index in [0.717, 1.165) is 76.8 Å². The lowest BCUT2D eigenvalue weighted by molar-refractivity contribution is -0.129. The van der Waals surface area contributed by atoms with Crippen LogP contribution in [0, 0.1) is 0 Å². The van der Waals surface area contributed by atoms with Crippen LogP contribution < -0.4 is 15.0 Å². The van der Waals surface area contributed by atoms with Crippen molar-refractivity contribution in [3.8, 4) is 5.75 Å². The molecular weight excluding hydrogens is 505 g/mol. The van der Waals surface area contributed by atoms with E-state index < -0.39 is 0 Å². The number of nitrogens with one attached hydrogen (secondary N) is 1. The Bertz CT molecular complexity index is 722. The maximum atomic E-state index is 12.1. The van der Waals surface area contributed by atoms with E-state index in [1.54, 1.807) is 7.11 Å². The number of rotatable bonds is 8. The predicted octanol–water partition coefficient (Wildman–Crippen LogP) is 3.19. The van der Waals surface area contributed by atoms with E-state index in [4.69, 9.17) is 9.73 Å². The van der Waals surface area contributed by atoms with Crippen molar-refractivity contribution in [3.05, 3.63) is 24.3 Å². The van der Waals surface area contributed by atoms with Gasteiger partial charge < -0.3 is 24.8 Å². The molecule has 2 aliphatic heterocycles. The van der Waals surface area contributed by atoms with Crippen molar-refractivity contribution >= 4 is 41.5 Å². The van der Waals surface area contributed by atoms with E-state index in [9.17, 15) is 4.79 Å². The van der Waals surface area contributed by atoms with Gasteiger partial charge in [0.15, 0.2) is 5.96 Å². The molecule has 2 aliphatic rings. The minimum absolute atomic E-state index is 0. The van der Waals surface area contributed by atoms with Crippen molar-refractivity contribution in [2.24, 2.45) is 4.99 Å². The number of likely N-dealkylation sites (tertiary alicyclic amines) is 1. The highest BCUT2D eigenvalue weighted by molar-refractivity contribution is 14.0. The number of benzene rings is 1. The monoisotopic (exact) mass is 543 g/mol. The maximum Gasteiger partial charge on any atom is 0.222 e. The molecule has 1 atom stereocenters. The molecule has 2 saturated heterocycles. The largest absolute Gasteiger partial charge is 0.497 e. The first-order valence-corrected chi connectivity index (χ1v) is 11.4. The summed E-state index contributed by atoms with van der Waals surface area (Å²) >= 11 is 0. The SMILES string of the molecule is CCNC(=NCCC(CC)N1CCCC1=O)N1CCN(c2cccc(OC)c2)CC1.I. The lowest BCUT2D eigenvalue weighted by Gasteiger charge is -2.38. The van der Waals surface area contributed by atoms with Gasteiger partial charge in [0, 0.05) is 70.0 Å². The van der Waals surface area contributed by atoms with Crippen molar-refractivity contribution in [2.75, 3.05) is 57.8 Å². The molecule has 2 fully saturated rings. The zero-order valence-corrected chi connectivity index (χ0v) is 21.5. The predicted molar refractivity (Wildman–Crippen MR) is 138 cm³/mol. The van der Waals surface area contributed by atoms with Crippen molar-refractivity contribution in [2.45, 2.75) is 45.6 Å². The number of ether oxygens (including phenoxy) is 1. The van der Waals surface area contributed by atoms with Crippen LogP contribution in [0.5, 0.6) is 5.75 Å². The molecule has 1 amide bonds. The van der Waals surface area contributed by atoms with Crippen LogP contribution in [0.2, 0.25) is 0 Å². The Morgan fingerprint density at radius 2 is 1.97 bits per heavy atom. The summed E-state index contributed by atoms with van der Waals surface area (Å²) in [5.41, 5.74) is 1.21. The van der Waals surface area contributed by atoms with E-state index in [1.807, 2.05) is 12.1 Å². The third-order valence-corrected chi connectivity index (χ3v) is 6.08. The molecule has 0 spiro atoms. The average Bonchev–Trinajstić information content (AvgIpc) is 3.22. The van der Waals surface area contributed by atoms with Crippen molar-refractivity contribution < 1.29 is 9.53 Å². The van der Waals surface area contributed by atoms with Gasteiger partial charge in [-0.1, -0.05) is 13.0 Å². The van der Waals surface area contributed by atoms with Crippen LogP contribution in [0.15, 0.2) is 29.3 Å². The second-order valence-corrected chi connectivity index (χ2v) is 7.95. The standard InChI is InChI=1S/C23H37N5O2.HI/c1-4-19(28-13-7-10-22(28)29)11-12-25-23(24-5-2)27-16-14-26(15-17-27)20-8-6-9-21(18-20)30-3;/h6,8-9,18-19H,4-5,7,10-17H2,1-3H3,(H,24,25);1H. The van der Waals surface area contributed by atoms with Gasteiger partial charge in [0.25, 0.3) is 0 Å². The van der Waals surface area contributed by atoms with Crippen molar-refractivity contribution in [1.29, 1.82) is 0 Å². The number of carbonyl (C=O) groups excluding carboxylic acids is 1. The molecule has 0 aromatic heterocycles. The summed E-state index contributed by atoms with van der Waals surface area (Å²) in [7, 11) is 1.71. The van der Waals surface area contributed by atoms with E-state index in [-0.39, 0.29) is 24.0 Å². The smallest absolute Gasteiger partial charge is 0.222 e. The van der Waals surface area contributed by atoms with E-state index in [2.05, 4.69) is 46.0 Å². The molecule has 7 nitrogen and oxygen atoms in total. The summed E-state index contributed by atoms with van der Waals surface area (Å²) < 4.78 is 5.36. The Morgan fingerprint density at radius 1 is 1.19 bits per heavy atom. The molecule has 1 aromatic rings. The van der Waals surface area contributed by atoms with Gasteiger partial charge in [0.05, 0.1) is 7.11 Å². The molecule has 174 valence electrons. The summed E-state index contributed by atoms with van der Waals surface area (Å²) in [5, 5.41) is 3.45. The van der Waals surface area contributed by atoms with Crippen LogP contribution in [-0.2, 0) is 4.79 Å². The number of halogens is 1. The normalized spacial score (nSPS) is 18.1. The summed E-state index contributed by atoms with van der Waals surface area (Å²) in [6.45, 7) is 10.6. The number of methoxy groups -OCH3 is 1. The Balaban J connectivity index is 0.00000341. The number of anilines is 1. The number of aliphatic imine (C=N–C) groups is 1. The lowest BCUT2D eigenvalue weighted by atomic mass is 10.1. The molecule has 8 heteroatoms. The Kier molecular flexibility index (Phi) is 10.7. The number of amides is 1. The molecule has 1 N–H and O–H groups in total. The average molecular weight is 543 g/mol. The van der Waals surface area contributed by atoms with Crippen LogP contribution in [0.1, 0.15) is 39.5 Å². The molecule has 3 rings (SSSR count). The molecule has 31 heavy (non-hydrogen) atoms. The number of piperazine rings is 1. The topological polar surface area (TPSA) is 60.4 Å². The van der Waals surface area contributed by atoms with Crippen LogP contribution in [0.4, 0.5) is 5.69 Å². The van der Waals surface area contributed by atoms with Crippen LogP contribution in [-0.4, -0.2) is 80.6 Å². The van der Waals surface area contributed by atoms with Gasteiger partial charge in [-0.05, 0) is 38.3 Å². The number of hydrogen-bond donors (Lipinski definition) is 1. The molecule has 0 aliphatic carbocycles. The highest BCUT2D eigenvalue weighted by Gasteiger charge is 2.26. The van der Waals surface area contributed by atoms with Crippen LogP contribution >= 0.6 is 24.0 Å². The van der Waals surface area contributed by atoms with Gasteiger partial charge in [-0.2, -0.15) is 0 Å². The minimum Gasteiger partial charge on any atom is -0.497 e. The highest BCUT2D eigenvalue weighted by Crippen LogP contribution is 2.22.